The molecule has 0 bridgehead atoms. The van der Waals surface area contributed by atoms with Gasteiger partial charge < -0.3 is 19.3 Å². The highest BCUT2D eigenvalue weighted by molar-refractivity contribution is 5.91. The van der Waals surface area contributed by atoms with Crippen LogP contribution in [0, 0.1) is 0 Å². The number of fused-ring (bicyclic) bond motifs is 1. The standard InChI is InChI=1S/C21H24N4O2/c1-24(2)21-16-6-4-5-7-18(16)22-20(23-21)17-14-15(8-9-19(17)26-3)25-10-12-27-13-11-25/h4-9,14H,10-13H2,1-3H3. The van der Waals surface area contributed by atoms with Crippen LogP contribution >= 0.6 is 0 Å². The van der Waals surface area contributed by atoms with Gasteiger partial charge in [0, 0.05) is 38.3 Å². The summed E-state index contributed by atoms with van der Waals surface area (Å²) < 4.78 is 11.1. The molecule has 0 unspecified atom stereocenters. The van der Waals surface area contributed by atoms with Crippen molar-refractivity contribution in [1.29, 1.82) is 0 Å². The second kappa shape index (κ2) is 7.40. The summed E-state index contributed by atoms with van der Waals surface area (Å²) in [4.78, 5) is 14.0. The molecular formula is C21H24N4O2. The lowest BCUT2D eigenvalue weighted by molar-refractivity contribution is 0.122. The predicted octanol–water partition coefficient (Wildman–Crippen LogP) is 3.21. The van der Waals surface area contributed by atoms with E-state index in [2.05, 4.69) is 23.1 Å². The van der Waals surface area contributed by atoms with E-state index in [0.29, 0.717) is 5.82 Å². The summed E-state index contributed by atoms with van der Waals surface area (Å²) >= 11 is 0. The van der Waals surface area contributed by atoms with Gasteiger partial charge in [0.2, 0.25) is 0 Å². The highest BCUT2D eigenvalue weighted by Crippen LogP contribution is 2.34. The number of hydrogen-bond acceptors (Lipinski definition) is 6. The topological polar surface area (TPSA) is 50.7 Å². The first kappa shape index (κ1) is 17.5. The number of anilines is 2. The van der Waals surface area contributed by atoms with Gasteiger partial charge in [0.1, 0.15) is 11.6 Å². The molecule has 0 saturated carbocycles. The van der Waals surface area contributed by atoms with E-state index in [1.54, 1.807) is 7.11 Å². The Morgan fingerprint density at radius 1 is 1.04 bits per heavy atom. The second-order valence-corrected chi connectivity index (χ2v) is 6.77. The van der Waals surface area contributed by atoms with Crippen molar-refractivity contribution >= 4 is 22.4 Å². The Morgan fingerprint density at radius 3 is 2.56 bits per heavy atom. The maximum absolute atomic E-state index is 5.62. The molecule has 0 amide bonds. The zero-order chi connectivity index (χ0) is 18.8. The van der Waals surface area contributed by atoms with Crippen LogP contribution in [0.3, 0.4) is 0 Å². The lowest BCUT2D eigenvalue weighted by Crippen LogP contribution is -2.36. The van der Waals surface area contributed by atoms with Crippen molar-refractivity contribution in [3.63, 3.8) is 0 Å². The average molecular weight is 364 g/mol. The van der Waals surface area contributed by atoms with Crippen LogP contribution in [-0.4, -0.2) is 57.5 Å². The molecule has 1 aliphatic rings. The normalized spacial score (nSPS) is 14.4. The summed E-state index contributed by atoms with van der Waals surface area (Å²) in [6.45, 7) is 3.26. The third kappa shape index (κ3) is 3.40. The molecule has 140 valence electrons. The number of benzene rings is 2. The van der Waals surface area contributed by atoms with Crippen LogP contribution < -0.4 is 14.5 Å². The average Bonchev–Trinajstić information content (AvgIpc) is 2.73. The van der Waals surface area contributed by atoms with Crippen molar-refractivity contribution in [2.75, 3.05) is 57.3 Å². The third-order valence-corrected chi connectivity index (χ3v) is 4.81. The van der Waals surface area contributed by atoms with Gasteiger partial charge in [-0.05, 0) is 30.3 Å². The van der Waals surface area contributed by atoms with Crippen molar-refractivity contribution in [3.05, 3.63) is 42.5 Å². The van der Waals surface area contributed by atoms with Crippen molar-refractivity contribution in [3.8, 4) is 17.1 Å². The van der Waals surface area contributed by atoms with E-state index in [1.807, 2.05) is 43.3 Å². The summed E-state index contributed by atoms with van der Waals surface area (Å²) in [5.41, 5.74) is 2.96. The first-order valence-corrected chi connectivity index (χ1v) is 9.12. The van der Waals surface area contributed by atoms with Gasteiger partial charge in [-0.25, -0.2) is 9.97 Å². The molecule has 6 heteroatoms. The number of morpholine rings is 1. The molecule has 1 fully saturated rings. The van der Waals surface area contributed by atoms with Crippen molar-refractivity contribution in [2.45, 2.75) is 0 Å². The molecule has 0 N–H and O–H groups in total. The first-order chi connectivity index (χ1) is 13.2. The van der Waals surface area contributed by atoms with Gasteiger partial charge in [-0.3, -0.25) is 0 Å². The van der Waals surface area contributed by atoms with Crippen molar-refractivity contribution < 1.29 is 9.47 Å². The molecule has 1 aromatic heterocycles. The minimum atomic E-state index is 0.671. The fraction of sp³-hybridized carbons (Fsp3) is 0.333. The van der Waals surface area contributed by atoms with Crippen LogP contribution in [0.25, 0.3) is 22.3 Å². The Labute approximate surface area is 159 Å². The summed E-state index contributed by atoms with van der Waals surface area (Å²) in [5, 5.41) is 1.04. The van der Waals surface area contributed by atoms with Crippen LogP contribution in [0.1, 0.15) is 0 Å². The van der Waals surface area contributed by atoms with E-state index in [9.17, 15) is 0 Å². The molecule has 2 aromatic carbocycles. The first-order valence-electron chi connectivity index (χ1n) is 9.12. The molecule has 0 spiro atoms. The SMILES string of the molecule is COc1ccc(N2CCOCC2)cc1-c1nc(N(C)C)c2ccccc2n1. The number of hydrogen-bond donors (Lipinski definition) is 0. The predicted molar refractivity (Wildman–Crippen MR) is 109 cm³/mol. The number of para-hydroxylation sites is 1. The summed E-state index contributed by atoms with van der Waals surface area (Å²) in [7, 11) is 5.68. The number of aromatic nitrogens is 2. The van der Waals surface area contributed by atoms with Gasteiger partial charge in [-0.15, -0.1) is 0 Å². The molecule has 4 rings (SSSR count). The van der Waals surface area contributed by atoms with Crippen LogP contribution in [0.5, 0.6) is 5.75 Å². The molecule has 2 heterocycles. The molecular weight excluding hydrogens is 340 g/mol. The van der Waals surface area contributed by atoms with Gasteiger partial charge in [0.25, 0.3) is 0 Å². The van der Waals surface area contributed by atoms with E-state index in [-0.39, 0.29) is 0 Å². The fourth-order valence-electron chi connectivity index (χ4n) is 3.41. The monoisotopic (exact) mass is 364 g/mol. The van der Waals surface area contributed by atoms with E-state index in [4.69, 9.17) is 19.4 Å². The Bertz CT molecular complexity index is 952. The molecule has 1 saturated heterocycles. The Hall–Kier alpha value is -2.86. The lowest BCUT2D eigenvalue weighted by Gasteiger charge is -2.29. The fourth-order valence-corrected chi connectivity index (χ4v) is 3.41. The van der Waals surface area contributed by atoms with Gasteiger partial charge in [0.15, 0.2) is 5.82 Å². The van der Waals surface area contributed by atoms with Crippen LogP contribution in [0.15, 0.2) is 42.5 Å². The minimum absolute atomic E-state index is 0.671. The molecule has 27 heavy (non-hydrogen) atoms. The second-order valence-electron chi connectivity index (χ2n) is 6.77. The van der Waals surface area contributed by atoms with Crippen LogP contribution in [0.2, 0.25) is 0 Å². The summed E-state index contributed by atoms with van der Waals surface area (Å²) in [6.07, 6.45) is 0. The largest absolute Gasteiger partial charge is 0.496 e. The quantitative estimate of drug-likeness (QED) is 0.709. The summed E-state index contributed by atoms with van der Waals surface area (Å²) in [6, 6.07) is 14.3. The van der Waals surface area contributed by atoms with Crippen molar-refractivity contribution in [1.82, 2.24) is 9.97 Å². The lowest BCUT2D eigenvalue weighted by atomic mass is 10.1. The third-order valence-electron chi connectivity index (χ3n) is 4.81. The zero-order valence-electron chi connectivity index (χ0n) is 16.0. The summed E-state index contributed by atoms with van der Waals surface area (Å²) in [5.74, 6) is 2.34. The van der Waals surface area contributed by atoms with E-state index in [0.717, 1.165) is 60.0 Å². The Kier molecular flexibility index (Phi) is 4.81. The van der Waals surface area contributed by atoms with Crippen LogP contribution in [0.4, 0.5) is 11.5 Å². The molecule has 1 aliphatic heterocycles. The van der Waals surface area contributed by atoms with Gasteiger partial charge in [-0.2, -0.15) is 0 Å². The minimum Gasteiger partial charge on any atom is -0.496 e. The zero-order valence-corrected chi connectivity index (χ0v) is 16.0. The van der Waals surface area contributed by atoms with Gasteiger partial charge >= 0.3 is 0 Å². The highest BCUT2D eigenvalue weighted by atomic mass is 16.5. The Balaban J connectivity index is 1.86. The number of ether oxygens (including phenoxy) is 2. The molecule has 6 nitrogen and oxygen atoms in total. The van der Waals surface area contributed by atoms with E-state index in [1.165, 1.54) is 0 Å². The molecule has 0 aliphatic carbocycles. The number of rotatable bonds is 4. The van der Waals surface area contributed by atoms with Crippen LogP contribution in [-0.2, 0) is 4.74 Å². The molecule has 3 aromatic rings. The van der Waals surface area contributed by atoms with E-state index >= 15 is 0 Å². The maximum Gasteiger partial charge on any atom is 0.165 e. The number of methoxy groups -OCH3 is 1. The highest BCUT2D eigenvalue weighted by Gasteiger charge is 2.18. The van der Waals surface area contributed by atoms with Crippen molar-refractivity contribution in [2.24, 2.45) is 0 Å². The smallest absolute Gasteiger partial charge is 0.165 e. The van der Waals surface area contributed by atoms with Gasteiger partial charge in [0.05, 0.1) is 31.4 Å². The molecule has 0 atom stereocenters. The van der Waals surface area contributed by atoms with E-state index < -0.39 is 0 Å². The molecule has 0 radical (unpaired) electrons. The number of nitrogens with zero attached hydrogens (tertiary/aromatic N) is 4. The Morgan fingerprint density at radius 2 is 1.81 bits per heavy atom. The maximum atomic E-state index is 5.62. The van der Waals surface area contributed by atoms with Gasteiger partial charge in [-0.1, -0.05) is 12.1 Å².